The average molecular weight is 388 g/mol. The molecule has 0 spiro atoms. The molecule has 3 aliphatic rings. The Morgan fingerprint density at radius 3 is 2.58 bits per heavy atom. The lowest BCUT2D eigenvalue weighted by Crippen LogP contribution is -2.48. The SMILES string of the molecule is NC(=NC(=O)CC1CCCCC1)C1CCC2CN1C(=O)N2OS(=O)(=O)O. The molecule has 2 aliphatic heterocycles. The molecule has 0 aromatic carbocycles. The Morgan fingerprint density at radius 2 is 1.92 bits per heavy atom. The second kappa shape index (κ2) is 7.49. The van der Waals surface area contributed by atoms with Crippen LogP contribution in [-0.4, -0.2) is 59.3 Å². The van der Waals surface area contributed by atoms with Crippen molar-refractivity contribution in [3.05, 3.63) is 0 Å². The molecule has 3 N–H and O–H groups in total. The van der Waals surface area contributed by atoms with Crippen LogP contribution in [0.3, 0.4) is 0 Å². The van der Waals surface area contributed by atoms with Crippen LogP contribution < -0.4 is 5.73 Å². The van der Waals surface area contributed by atoms with Crippen LogP contribution >= 0.6 is 0 Å². The van der Waals surface area contributed by atoms with Gasteiger partial charge in [-0.1, -0.05) is 19.3 Å². The Kier molecular flexibility index (Phi) is 5.49. The molecule has 146 valence electrons. The third-order valence-corrected chi connectivity index (χ3v) is 5.63. The fourth-order valence-corrected chi connectivity index (χ4v) is 4.43. The predicted octanol–water partition coefficient (Wildman–Crippen LogP) is 0.844. The number of piperidine rings is 1. The molecule has 3 amide bonds. The summed E-state index contributed by atoms with van der Waals surface area (Å²) in [5.74, 6) is 0.121. The molecule has 2 saturated heterocycles. The molecule has 0 aromatic rings. The van der Waals surface area contributed by atoms with E-state index in [1.165, 1.54) is 11.3 Å². The zero-order chi connectivity index (χ0) is 18.9. The van der Waals surface area contributed by atoms with Crippen LogP contribution in [0.25, 0.3) is 0 Å². The van der Waals surface area contributed by atoms with E-state index in [1.807, 2.05) is 0 Å². The second-order valence-corrected chi connectivity index (χ2v) is 8.15. The lowest BCUT2D eigenvalue weighted by Gasteiger charge is -2.29. The van der Waals surface area contributed by atoms with Gasteiger partial charge in [-0.15, -0.1) is 4.28 Å². The molecule has 2 unspecified atom stereocenters. The van der Waals surface area contributed by atoms with Gasteiger partial charge in [0.15, 0.2) is 0 Å². The van der Waals surface area contributed by atoms with Gasteiger partial charge in [0, 0.05) is 13.0 Å². The lowest BCUT2D eigenvalue weighted by atomic mass is 9.87. The number of carbonyl (C=O) groups excluding carboxylic acids is 2. The molecule has 3 rings (SSSR count). The van der Waals surface area contributed by atoms with Crippen LogP contribution in [0.4, 0.5) is 4.79 Å². The number of aliphatic imine (C=N–C) groups is 1. The number of rotatable bonds is 5. The highest BCUT2D eigenvalue weighted by Gasteiger charge is 2.48. The van der Waals surface area contributed by atoms with E-state index in [0.29, 0.717) is 30.2 Å². The molecule has 2 atom stereocenters. The summed E-state index contributed by atoms with van der Waals surface area (Å²) in [4.78, 5) is 29.8. The summed E-state index contributed by atoms with van der Waals surface area (Å²) < 4.78 is 35.0. The summed E-state index contributed by atoms with van der Waals surface area (Å²) in [5.41, 5.74) is 5.98. The first-order valence-corrected chi connectivity index (χ1v) is 10.2. The van der Waals surface area contributed by atoms with Gasteiger partial charge in [0.2, 0.25) is 5.91 Å². The molecule has 11 heteroatoms. The van der Waals surface area contributed by atoms with Gasteiger partial charge >= 0.3 is 16.4 Å². The number of hydrogen-bond acceptors (Lipinski definition) is 5. The van der Waals surface area contributed by atoms with Crippen molar-refractivity contribution in [2.45, 2.75) is 63.5 Å². The van der Waals surface area contributed by atoms with E-state index in [-0.39, 0.29) is 18.3 Å². The van der Waals surface area contributed by atoms with E-state index >= 15 is 0 Å². The van der Waals surface area contributed by atoms with Crippen LogP contribution in [0, 0.1) is 5.92 Å². The van der Waals surface area contributed by atoms with Gasteiger partial charge in [0.25, 0.3) is 0 Å². The smallest absolute Gasteiger partial charge is 0.385 e. The van der Waals surface area contributed by atoms with Crippen LogP contribution in [0.15, 0.2) is 4.99 Å². The molecule has 2 bridgehead atoms. The first-order chi connectivity index (χ1) is 12.2. The summed E-state index contributed by atoms with van der Waals surface area (Å²) >= 11 is 0. The highest BCUT2D eigenvalue weighted by molar-refractivity contribution is 7.80. The molecule has 2 heterocycles. The molecule has 1 aliphatic carbocycles. The summed E-state index contributed by atoms with van der Waals surface area (Å²) in [6.45, 7) is 0.200. The molecular formula is C15H24N4O6S. The van der Waals surface area contributed by atoms with Gasteiger partial charge in [-0.05, 0) is 31.6 Å². The summed E-state index contributed by atoms with van der Waals surface area (Å²) in [6.07, 6.45) is 6.75. The number of fused-ring (bicyclic) bond motifs is 2. The van der Waals surface area contributed by atoms with E-state index < -0.39 is 28.5 Å². The van der Waals surface area contributed by atoms with Crippen molar-refractivity contribution < 1.29 is 26.8 Å². The zero-order valence-corrected chi connectivity index (χ0v) is 15.2. The normalized spacial score (nSPS) is 27.9. The third kappa shape index (κ3) is 4.33. The van der Waals surface area contributed by atoms with Crippen molar-refractivity contribution in [1.29, 1.82) is 0 Å². The minimum Gasteiger partial charge on any atom is -0.385 e. The number of urea groups is 1. The minimum atomic E-state index is -4.79. The maximum atomic E-state index is 12.3. The minimum absolute atomic E-state index is 0.0614. The van der Waals surface area contributed by atoms with Crippen molar-refractivity contribution in [3.8, 4) is 0 Å². The topological polar surface area (TPSA) is 143 Å². The lowest BCUT2D eigenvalue weighted by molar-refractivity contribution is -0.118. The highest BCUT2D eigenvalue weighted by atomic mass is 32.3. The Bertz CT molecular complexity index is 703. The monoisotopic (exact) mass is 388 g/mol. The highest BCUT2D eigenvalue weighted by Crippen LogP contribution is 2.31. The number of nitrogens with zero attached hydrogens (tertiary/aromatic N) is 3. The molecule has 10 nitrogen and oxygen atoms in total. The molecule has 26 heavy (non-hydrogen) atoms. The van der Waals surface area contributed by atoms with Gasteiger partial charge < -0.3 is 10.6 Å². The van der Waals surface area contributed by atoms with Crippen LogP contribution in [0.5, 0.6) is 0 Å². The summed E-state index contributed by atoms with van der Waals surface area (Å²) in [7, 11) is -4.79. The maximum Gasteiger partial charge on any atom is 0.418 e. The van der Waals surface area contributed by atoms with E-state index in [0.717, 1.165) is 25.7 Å². The first kappa shape index (κ1) is 19.1. The van der Waals surface area contributed by atoms with Crippen LogP contribution in [-0.2, 0) is 19.5 Å². The van der Waals surface area contributed by atoms with Crippen molar-refractivity contribution in [1.82, 2.24) is 9.96 Å². The number of amides is 3. The van der Waals surface area contributed by atoms with E-state index in [2.05, 4.69) is 9.28 Å². The van der Waals surface area contributed by atoms with Crippen molar-refractivity contribution >= 4 is 28.2 Å². The Morgan fingerprint density at radius 1 is 1.23 bits per heavy atom. The number of carbonyl (C=O) groups is 2. The van der Waals surface area contributed by atoms with Gasteiger partial charge in [-0.25, -0.2) is 4.79 Å². The largest absolute Gasteiger partial charge is 0.418 e. The van der Waals surface area contributed by atoms with Crippen molar-refractivity contribution in [2.24, 2.45) is 16.6 Å². The van der Waals surface area contributed by atoms with Crippen LogP contribution in [0.1, 0.15) is 51.4 Å². The molecule has 0 radical (unpaired) electrons. The zero-order valence-electron chi connectivity index (χ0n) is 14.4. The van der Waals surface area contributed by atoms with Gasteiger partial charge in [0.1, 0.15) is 5.84 Å². The number of hydrogen-bond donors (Lipinski definition) is 2. The fraction of sp³-hybridized carbons (Fsp3) is 0.800. The first-order valence-electron chi connectivity index (χ1n) is 8.88. The summed E-state index contributed by atoms with van der Waals surface area (Å²) in [6, 6.07) is -1.79. The predicted molar refractivity (Wildman–Crippen MR) is 91.2 cm³/mol. The number of amidine groups is 1. The van der Waals surface area contributed by atoms with E-state index in [9.17, 15) is 18.0 Å². The second-order valence-electron chi connectivity index (χ2n) is 7.15. The Balaban J connectivity index is 1.64. The van der Waals surface area contributed by atoms with E-state index in [4.69, 9.17) is 10.3 Å². The fourth-order valence-electron chi connectivity index (χ4n) is 4.04. The van der Waals surface area contributed by atoms with Gasteiger partial charge in [-0.2, -0.15) is 18.5 Å². The molecule has 3 fully saturated rings. The Hall–Kier alpha value is -1.72. The number of hydroxylamine groups is 2. The van der Waals surface area contributed by atoms with E-state index in [1.54, 1.807) is 0 Å². The van der Waals surface area contributed by atoms with Gasteiger partial charge in [-0.3, -0.25) is 9.35 Å². The average Bonchev–Trinajstić information content (AvgIpc) is 2.79. The quantitative estimate of drug-likeness (QED) is 0.403. The summed E-state index contributed by atoms with van der Waals surface area (Å²) in [5, 5.41) is 0.645. The van der Waals surface area contributed by atoms with Crippen molar-refractivity contribution in [2.75, 3.05) is 6.54 Å². The maximum absolute atomic E-state index is 12.3. The van der Waals surface area contributed by atoms with Crippen LogP contribution in [0.2, 0.25) is 0 Å². The van der Waals surface area contributed by atoms with Crippen molar-refractivity contribution in [3.63, 3.8) is 0 Å². The number of nitrogens with two attached hydrogens (primary N) is 1. The molecule has 1 saturated carbocycles. The standard InChI is InChI=1S/C15H24N4O6S/c16-14(17-13(20)8-10-4-2-1-3-5-10)12-7-6-11-9-18(12)15(21)19(11)25-26(22,23)24/h10-12H,1-9H2,(H2,16,17,20)(H,22,23,24). The van der Waals surface area contributed by atoms with Gasteiger partial charge in [0.05, 0.1) is 12.1 Å². The Labute approximate surface area is 152 Å². The molecule has 0 aromatic heterocycles. The molecular weight excluding hydrogens is 364 g/mol. The third-order valence-electron chi connectivity index (χ3n) is 5.28.